The summed E-state index contributed by atoms with van der Waals surface area (Å²) in [6.07, 6.45) is -0.0293. The van der Waals surface area contributed by atoms with Crippen molar-refractivity contribution in [2.75, 3.05) is 43.5 Å². The van der Waals surface area contributed by atoms with E-state index in [0.717, 1.165) is 30.8 Å². The van der Waals surface area contributed by atoms with Crippen LogP contribution in [0.25, 0.3) is 10.2 Å². The van der Waals surface area contributed by atoms with Crippen molar-refractivity contribution in [1.29, 1.82) is 0 Å². The molecular weight excluding hydrogens is 484 g/mol. The topological polar surface area (TPSA) is 120 Å². The van der Waals surface area contributed by atoms with Crippen LogP contribution in [0.4, 0.5) is 21.3 Å². The van der Waals surface area contributed by atoms with Gasteiger partial charge in [-0.05, 0) is 23.8 Å². The average Bonchev–Trinajstić information content (AvgIpc) is 3.33. The summed E-state index contributed by atoms with van der Waals surface area (Å²) in [5, 5.41) is 12.3. The third-order valence-corrected chi connectivity index (χ3v) is 8.60. The lowest BCUT2D eigenvalue weighted by molar-refractivity contribution is -0.384. The van der Waals surface area contributed by atoms with Crippen LogP contribution in [-0.4, -0.2) is 77.3 Å². The Kier molecular flexibility index (Phi) is 4.80. The zero-order valence-corrected chi connectivity index (χ0v) is 20.4. The second-order valence-electron chi connectivity index (χ2n) is 9.35. The lowest BCUT2D eigenvalue weighted by atomic mass is 9.67. The van der Waals surface area contributed by atoms with Gasteiger partial charge in [-0.15, -0.1) is 0 Å². The second kappa shape index (κ2) is 7.72. The molecule has 4 heterocycles. The van der Waals surface area contributed by atoms with E-state index in [-0.39, 0.29) is 12.1 Å². The van der Waals surface area contributed by atoms with Gasteiger partial charge in [-0.1, -0.05) is 23.5 Å². The van der Waals surface area contributed by atoms with Crippen molar-refractivity contribution in [1.82, 2.24) is 14.8 Å². The third kappa shape index (κ3) is 2.97. The van der Waals surface area contributed by atoms with Crippen LogP contribution in [0.15, 0.2) is 42.5 Å². The van der Waals surface area contributed by atoms with Gasteiger partial charge in [0.15, 0.2) is 10.5 Å². The number of carbonyl (C=O) groups excluding carboxylic acids is 3. The molecule has 184 valence electrons. The van der Waals surface area contributed by atoms with Gasteiger partial charge in [0, 0.05) is 58.0 Å². The number of aromatic nitrogens is 1. The smallest absolute Gasteiger partial charge is 0.332 e. The Morgan fingerprint density at radius 3 is 2.47 bits per heavy atom. The number of carbonyl (C=O) groups is 3. The number of rotatable bonds is 2. The molecule has 3 aliphatic rings. The molecule has 4 amide bonds. The minimum absolute atomic E-state index is 0.0293. The van der Waals surface area contributed by atoms with Crippen molar-refractivity contribution in [3.63, 3.8) is 0 Å². The molecule has 36 heavy (non-hydrogen) atoms. The fraction of sp³-hybridized carbons (Fsp3) is 0.333. The van der Waals surface area contributed by atoms with Gasteiger partial charge in [-0.2, -0.15) is 0 Å². The summed E-state index contributed by atoms with van der Waals surface area (Å²) >= 11 is 1.55. The molecule has 0 bridgehead atoms. The molecule has 0 N–H and O–H groups in total. The van der Waals surface area contributed by atoms with E-state index >= 15 is 0 Å². The number of benzene rings is 2. The van der Waals surface area contributed by atoms with Crippen molar-refractivity contribution in [2.24, 2.45) is 5.41 Å². The van der Waals surface area contributed by atoms with Crippen LogP contribution in [-0.2, 0) is 16.0 Å². The van der Waals surface area contributed by atoms with Gasteiger partial charge in [0.05, 0.1) is 21.2 Å². The zero-order chi connectivity index (χ0) is 25.4. The fourth-order valence-electron chi connectivity index (χ4n) is 5.71. The van der Waals surface area contributed by atoms with Crippen LogP contribution in [0.1, 0.15) is 5.56 Å². The molecule has 1 aromatic heterocycles. The first-order valence-corrected chi connectivity index (χ1v) is 12.3. The maximum Gasteiger partial charge on any atom is 0.332 e. The molecule has 6 rings (SSSR count). The average molecular weight is 507 g/mol. The molecule has 2 saturated heterocycles. The Labute approximate surface area is 209 Å². The number of thiazole rings is 1. The Morgan fingerprint density at radius 1 is 1.06 bits per heavy atom. The molecule has 11 nitrogen and oxygen atoms in total. The summed E-state index contributed by atoms with van der Waals surface area (Å²) in [7, 11) is 2.74. The number of anilines is 2. The van der Waals surface area contributed by atoms with Gasteiger partial charge in [0.25, 0.3) is 5.69 Å². The van der Waals surface area contributed by atoms with Crippen LogP contribution < -0.4 is 9.80 Å². The standard InChI is InChI=1S/C24H22N6O5S/c1-26-20(31)24(21(32)27(2)23(26)33)12-14-11-15(30(34)35)7-8-17(14)29-10-9-28(13-19(24)29)22-25-16-5-3-4-6-18(16)36-22/h3-8,11,19H,9-10,12-13H2,1-2H3/t19-/m1/s1. The number of hydrogen-bond donors (Lipinski definition) is 0. The third-order valence-electron chi connectivity index (χ3n) is 7.50. The lowest BCUT2D eigenvalue weighted by Crippen LogP contribution is -2.74. The first-order chi connectivity index (χ1) is 17.2. The van der Waals surface area contributed by atoms with Crippen LogP contribution in [0.2, 0.25) is 0 Å². The normalized spacial score (nSPS) is 21.3. The van der Waals surface area contributed by atoms with E-state index in [2.05, 4.69) is 4.90 Å². The monoisotopic (exact) mass is 506 g/mol. The molecule has 0 radical (unpaired) electrons. The summed E-state index contributed by atoms with van der Waals surface area (Å²) in [6, 6.07) is 11.1. The molecule has 3 aromatic rings. The Balaban J connectivity index is 1.49. The van der Waals surface area contributed by atoms with Gasteiger partial charge >= 0.3 is 6.03 Å². The number of nitro groups is 1. The minimum atomic E-state index is -1.60. The second-order valence-corrected chi connectivity index (χ2v) is 10.4. The zero-order valence-electron chi connectivity index (χ0n) is 19.6. The highest BCUT2D eigenvalue weighted by molar-refractivity contribution is 7.22. The number of imide groups is 2. The molecular formula is C24H22N6O5S. The van der Waals surface area contributed by atoms with Gasteiger partial charge < -0.3 is 9.80 Å². The number of barbiturate groups is 1. The minimum Gasteiger partial charge on any atom is -0.363 e. The highest BCUT2D eigenvalue weighted by Crippen LogP contribution is 2.48. The van der Waals surface area contributed by atoms with E-state index in [1.807, 2.05) is 29.2 Å². The number of para-hydroxylation sites is 1. The Bertz CT molecular complexity index is 1410. The fourth-order valence-corrected chi connectivity index (χ4v) is 6.71. The molecule has 2 fully saturated rings. The molecule has 1 atom stereocenters. The number of hydrogen-bond acceptors (Lipinski definition) is 9. The number of piperazine rings is 1. The van der Waals surface area contributed by atoms with E-state index in [4.69, 9.17) is 4.98 Å². The molecule has 0 saturated carbocycles. The van der Waals surface area contributed by atoms with Crippen LogP contribution in [0, 0.1) is 15.5 Å². The number of fused-ring (bicyclic) bond motifs is 5. The maximum absolute atomic E-state index is 13.8. The predicted molar refractivity (Wildman–Crippen MR) is 133 cm³/mol. The first-order valence-electron chi connectivity index (χ1n) is 11.5. The SMILES string of the molecule is CN1C(=O)N(C)C(=O)C2(Cc3cc([N+](=O)[O-])ccc3N3CCN(c4nc5ccccc5s4)C[C@@H]32)C1=O. The Morgan fingerprint density at radius 2 is 1.78 bits per heavy atom. The highest BCUT2D eigenvalue weighted by atomic mass is 32.1. The number of amides is 4. The van der Waals surface area contributed by atoms with Crippen LogP contribution in [0.3, 0.4) is 0 Å². The van der Waals surface area contributed by atoms with Gasteiger partial charge in [-0.25, -0.2) is 9.78 Å². The van der Waals surface area contributed by atoms with E-state index in [0.29, 0.717) is 25.2 Å². The number of nitrogens with zero attached hydrogens (tertiary/aromatic N) is 6. The van der Waals surface area contributed by atoms with Gasteiger partial charge in [0.1, 0.15) is 0 Å². The number of nitro benzene ring substituents is 1. The molecule has 0 unspecified atom stereocenters. The maximum atomic E-state index is 13.8. The van der Waals surface area contributed by atoms with Crippen LogP contribution in [0.5, 0.6) is 0 Å². The van der Waals surface area contributed by atoms with E-state index in [1.54, 1.807) is 17.4 Å². The van der Waals surface area contributed by atoms with Crippen LogP contribution >= 0.6 is 11.3 Å². The summed E-state index contributed by atoms with van der Waals surface area (Å²) in [4.78, 5) is 62.0. The quantitative estimate of drug-likeness (QED) is 0.295. The summed E-state index contributed by atoms with van der Waals surface area (Å²) in [5.74, 6) is -1.18. The van der Waals surface area contributed by atoms with Crippen molar-refractivity contribution < 1.29 is 19.3 Å². The molecule has 2 aromatic carbocycles. The van der Waals surface area contributed by atoms with E-state index < -0.39 is 34.2 Å². The van der Waals surface area contributed by atoms with Crippen molar-refractivity contribution in [3.05, 3.63) is 58.1 Å². The molecule has 0 aliphatic carbocycles. The van der Waals surface area contributed by atoms with Gasteiger partial charge in [0.2, 0.25) is 11.8 Å². The summed E-state index contributed by atoms with van der Waals surface area (Å²) in [5.41, 5.74) is 0.485. The van der Waals surface area contributed by atoms with Crippen molar-refractivity contribution in [3.8, 4) is 0 Å². The predicted octanol–water partition coefficient (Wildman–Crippen LogP) is 2.49. The Hall–Kier alpha value is -4.06. The number of urea groups is 1. The van der Waals surface area contributed by atoms with Crippen molar-refractivity contribution >= 4 is 55.9 Å². The van der Waals surface area contributed by atoms with Gasteiger partial charge in [-0.3, -0.25) is 29.5 Å². The van der Waals surface area contributed by atoms with E-state index in [1.165, 1.54) is 26.2 Å². The lowest BCUT2D eigenvalue weighted by Gasteiger charge is -2.56. The van der Waals surface area contributed by atoms with Crippen molar-refractivity contribution in [2.45, 2.75) is 12.5 Å². The number of non-ortho nitro benzene ring substituents is 1. The first kappa shape index (κ1) is 22.4. The summed E-state index contributed by atoms with van der Waals surface area (Å²) < 4.78 is 1.04. The largest absolute Gasteiger partial charge is 0.363 e. The van der Waals surface area contributed by atoms with E-state index in [9.17, 15) is 24.5 Å². The molecule has 3 aliphatic heterocycles. The summed E-state index contributed by atoms with van der Waals surface area (Å²) in [6.45, 7) is 1.41. The molecule has 12 heteroatoms. The highest BCUT2D eigenvalue weighted by Gasteiger charge is 2.64. The molecule has 1 spiro atoms.